The Bertz CT molecular complexity index is 728. The molecule has 1 aliphatic rings. The minimum absolute atomic E-state index is 0. The van der Waals surface area contributed by atoms with Gasteiger partial charge in [0, 0.05) is 49.3 Å². The maximum absolute atomic E-state index is 6.11. The van der Waals surface area contributed by atoms with Gasteiger partial charge in [0.15, 0.2) is 5.96 Å². The van der Waals surface area contributed by atoms with E-state index in [-0.39, 0.29) is 24.0 Å². The SMILES string of the molecule is CCc1nc(CNC(=NC)N2CCN(c3cccc(Cl)c3)CC2)cs1.I. The highest BCUT2D eigenvalue weighted by Gasteiger charge is 2.20. The van der Waals surface area contributed by atoms with Crippen molar-refractivity contribution in [2.45, 2.75) is 19.9 Å². The van der Waals surface area contributed by atoms with Gasteiger partial charge in [0.05, 0.1) is 17.2 Å². The number of anilines is 1. The number of piperazine rings is 1. The quantitative estimate of drug-likeness (QED) is 0.389. The Morgan fingerprint density at radius 1 is 1.31 bits per heavy atom. The number of hydrogen-bond acceptors (Lipinski definition) is 4. The van der Waals surface area contributed by atoms with Crippen molar-refractivity contribution < 1.29 is 0 Å². The number of aliphatic imine (C=N–C) groups is 1. The molecule has 0 atom stereocenters. The zero-order chi connectivity index (χ0) is 17.6. The monoisotopic (exact) mass is 505 g/mol. The van der Waals surface area contributed by atoms with E-state index in [1.807, 2.05) is 25.2 Å². The van der Waals surface area contributed by atoms with Crippen molar-refractivity contribution >= 4 is 58.6 Å². The third-order valence-electron chi connectivity index (χ3n) is 4.29. The molecule has 2 heterocycles. The lowest BCUT2D eigenvalue weighted by molar-refractivity contribution is 0.372. The normalized spacial score (nSPS) is 15.0. The predicted molar refractivity (Wildman–Crippen MR) is 122 cm³/mol. The number of hydrogen-bond donors (Lipinski definition) is 1. The third kappa shape index (κ3) is 5.47. The summed E-state index contributed by atoms with van der Waals surface area (Å²) in [4.78, 5) is 13.7. The van der Waals surface area contributed by atoms with Crippen LogP contribution < -0.4 is 10.2 Å². The fourth-order valence-corrected chi connectivity index (χ4v) is 3.87. The largest absolute Gasteiger partial charge is 0.368 e. The maximum Gasteiger partial charge on any atom is 0.194 e. The van der Waals surface area contributed by atoms with Crippen molar-refractivity contribution in [2.75, 3.05) is 38.1 Å². The number of nitrogens with zero attached hydrogens (tertiary/aromatic N) is 4. The Hall–Kier alpha value is -1.06. The molecule has 0 unspecified atom stereocenters. The van der Waals surface area contributed by atoms with Crippen molar-refractivity contribution in [2.24, 2.45) is 4.99 Å². The maximum atomic E-state index is 6.11. The highest BCUT2D eigenvalue weighted by atomic mass is 127. The number of aromatic nitrogens is 1. The zero-order valence-corrected chi connectivity index (χ0v) is 19.0. The number of aryl methyl sites for hydroxylation is 1. The molecule has 26 heavy (non-hydrogen) atoms. The van der Waals surface area contributed by atoms with Crippen LogP contribution in [0, 0.1) is 0 Å². The lowest BCUT2D eigenvalue weighted by Crippen LogP contribution is -2.52. The lowest BCUT2D eigenvalue weighted by atomic mass is 10.2. The molecule has 1 aromatic carbocycles. The predicted octanol–water partition coefficient (Wildman–Crippen LogP) is 3.87. The number of nitrogens with one attached hydrogen (secondary N) is 1. The van der Waals surface area contributed by atoms with Gasteiger partial charge in [0.1, 0.15) is 0 Å². The fourth-order valence-electron chi connectivity index (χ4n) is 2.94. The van der Waals surface area contributed by atoms with Crippen molar-refractivity contribution in [1.29, 1.82) is 0 Å². The van der Waals surface area contributed by atoms with Crippen LogP contribution in [0.25, 0.3) is 0 Å². The summed E-state index contributed by atoms with van der Waals surface area (Å²) in [6, 6.07) is 8.05. The molecule has 0 aliphatic carbocycles. The molecular formula is C18H25ClIN5S. The molecule has 0 radical (unpaired) electrons. The summed E-state index contributed by atoms with van der Waals surface area (Å²) < 4.78 is 0. The van der Waals surface area contributed by atoms with Crippen LogP contribution in [0.1, 0.15) is 17.6 Å². The van der Waals surface area contributed by atoms with Crippen LogP contribution in [0.2, 0.25) is 5.02 Å². The van der Waals surface area contributed by atoms with Gasteiger partial charge in [-0.05, 0) is 24.6 Å². The Kier molecular flexibility index (Phi) is 8.43. The topological polar surface area (TPSA) is 43.8 Å². The van der Waals surface area contributed by atoms with E-state index in [0.717, 1.165) is 55.8 Å². The molecule has 0 amide bonds. The van der Waals surface area contributed by atoms with Gasteiger partial charge >= 0.3 is 0 Å². The van der Waals surface area contributed by atoms with Gasteiger partial charge in [-0.2, -0.15) is 0 Å². The van der Waals surface area contributed by atoms with Gasteiger partial charge in [-0.25, -0.2) is 4.98 Å². The van der Waals surface area contributed by atoms with Crippen LogP contribution in [-0.4, -0.2) is 49.1 Å². The van der Waals surface area contributed by atoms with E-state index < -0.39 is 0 Å². The molecule has 0 saturated carbocycles. The summed E-state index contributed by atoms with van der Waals surface area (Å²) in [6.45, 7) is 6.63. The fraction of sp³-hybridized carbons (Fsp3) is 0.444. The van der Waals surface area contributed by atoms with Gasteiger partial charge in [-0.1, -0.05) is 24.6 Å². The Balaban J connectivity index is 0.00000243. The van der Waals surface area contributed by atoms with Crippen LogP contribution in [0.15, 0.2) is 34.6 Å². The first-order valence-corrected chi connectivity index (χ1v) is 9.84. The molecule has 1 saturated heterocycles. The zero-order valence-electron chi connectivity index (χ0n) is 15.1. The lowest BCUT2D eigenvalue weighted by Gasteiger charge is -2.37. The minimum Gasteiger partial charge on any atom is -0.368 e. The average molecular weight is 506 g/mol. The smallest absolute Gasteiger partial charge is 0.194 e. The van der Waals surface area contributed by atoms with Crippen LogP contribution >= 0.6 is 46.9 Å². The summed E-state index contributed by atoms with van der Waals surface area (Å²) >= 11 is 7.83. The summed E-state index contributed by atoms with van der Waals surface area (Å²) in [5.74, 6) is 0.941. The third-order valence-corrected chi connectivity index (χ3v) is 5.57. The molecule has 0 spiro atoms. The number of halogens is 2. The van der Waals surface area contributed by atoms with Gasteiger partial charge in [0.2, 0.25) is 0 Å². The molecule has 8 heteroatoms. The second-order valence-corrected chi connectivity index (χ2v) is 7.32. The second-order valence-electron chi connectivity index (χ2n) is 5.94. The highest BCUT2D eigenvalue weighted by molar-refractivity contribution is 14.0. The van der Waals surface area contributed by atoms with Crippen molar-refractivity contribution in [1.82, 2.24) is 15.2 Å². The molecule has 5 nitrogen and oxygen atoms in total. The first-order valence-electron chi connectivity index (χ1n) is 8.59. The van der Waals surface area contributed by atoms with E-state index >= 15 is 0 Å². The Labute approximate surface area is 181 Å². The molecule has 142 valence electrons. The Morgan fingerprint density at radius 2 is 2.08 bits per heavy atom. The summed E-state index contributed by atoms with van der Waals surface area (Å²) in [6.07, 6.45) is 0.991. The van der Waals surface area contributed by atoms with Crippen molar-refractivity contribution in [3.05, 3.63) is 45.4 Å². The molecule has 1 aromatic heterocycles. The summed E-state index contributed by atoms with van der Waals surface area (Å²) in [5, 5.41) is 7.52. The van der Waals surface area contributed by atoms with Gasteiger partial charge in [-0.3, -0.25) is 4.99 Å². The van der Waals surface area contributed by atoms with Crippen molar-refractivity contribution in [3.8, 4) is 0 Å². The first-order chi connectivity index (χ1) is 12.2. The minimum atomic E-state index is 0. The number of thiazole rings is 1. The first kappa shape index (κ1) is 21.2. The molecular weight excluding hydrogens is 481 g/mol. The number of benzene rings is 1. The summed E-state index contributed by atoms with van der Waals surface area (Å²) in [7, 11) is 1.84. The highest BCUT2D eigenvalue weighted by Crippen LogP contribution is 2.20. The van der Waals surface area contributed by atoms with Crippen LogP contribution in [0.4, 0.5) is 5.69 Å². The summed E-state index contributed by atoms with van der Waals surface area (Å²) in [5.41, 5.74) is 2.27. The molecule has 3 rings (SSSR count). The van der Waals surface area contributed by atoms with Crippen LogP contribution in [-0.2, 0) is 13.0 Å². The van der Waals surface area contributed by atoms with E-state index in [1.54, 1.807) is 11.3 Å². The van der Waals surface area contributed by atoms with Crippen molar-refractivity contribution in [3.63, 3.8) is 0 Å². The second kappa shape index (κ2) is 10.3. The molecule has 0 bridgehead atoms. The van der Waals surface area contributed by atoms with E-state index in [4.69, 9.17) is 11.6 Å². The van der Waals surface area contributed by atoms with E-state index in [1.165, 1.54) is 10.7 Å². The number of guanidine groups is 1. The molecule has 2 aromatic rings. The van der Waals surface area contributed by atoms with Gasteiger partial charge < -0.3 is 15.1 Å². The van der Waals surface area contributed by atoms with Gasteiger partial charge in [-0.15, -0.1) is 35.3 Å². The average Bonchev–Trinajstić information content (AvgIpc) is 3.11. The standard InChI is InChI=1S/C18H24ClN5S.HI/c1-3-17-22-15(13-25-17)12-21-18(20-2)24-9-7-23(8-10-24)16-6-4-5-14(19)11-16;/h4-6,11,13H,3,7-10,12H2,1-2H3,(H,20,21);1H. The molecule has 1 N–H and O–H groups in total. The van der Waals surface area contributed by atoms with E-state index in [0.29, 0.717) is 0 Å². The Morgan fingerprint density at radius 3 is 2.69 bits per heavy atom. The van der Waals surface area contributed by atoms with Crippen LogP contribution in [0.3, 0.4) is 0 Å². The van der Waals surface area contributed by atoms with E-state index in [9.17, 15) is 0 Å². The van der Waals surface area contributed by atoms with E-state index in [2.05, 4.69) is 43.5 Å². The van der Waals surface area contributed by atoms with Gasteiger partial charge in [0.25, 0.3) is 0 Å². The number of rotatable bonds is 4. The van der Waals surface area contributed by atoms with Crippen LogP contribution in [0.5, 0.6) is 0 Å². The molecule has 1 fully saturated rings. The molecule has 1 aliphatic heterocycles.